The van der Waals surface area contributed by atoms with Crippen LogP contribution in [0.15, 0.2) is 53.9 Å². The summed E-state index contributed by atoms with van der Waals surface area (Å²) in [6, 6.07) is 14.2. The molecule has 0 spiro atoms. The standard InChI is InChI=1S/C22H22FN3OS/c1-16-3-2-4-18(13-16)22(27)26-11-9-25(10-12-26)14-21-24-20(15-28-21)17-5-7-19(23)8-6-17/h2-8,13,15H,9-12,14H2,1H3. The highest BCUT2D eigenvalue weighted by atomic mass is 32.1. The molecule has 0 N–H and O–H groups in total. The van der Waals surface area contributed by atoms with Crippen LogP contribution < -0.4 is 0 Å². The largest absolute Gasteiger partial charge is 0.336 e. The predicted octanol–water partition coefficient (Wildman–Crippen LogP) is 4.22. The maximum absolute atomic E-state index is 13.1. The number of benzene rings is 2. The molecule has 3 aromatic rings. The van der Waals surface area contributed by atoms with Crippen LogP contribution in [-0.2, 0) is 6.54 Å². The molecule has 144 valence electrons. The topological polar surface area (TPSA) is 36.4 Å². The van der Waals surface area contributed by atoms with E-state index in [1.807, 2.05) is 41.5 Å². The summed E-state index contributed by atoms with van der Waals surface area (Å²) in [7, 11) is 0. The molecule has 1 amide bonds. The first-order valence-corrected chi connectivity index (χ1v) is 10.2. The number of thiazole rings is 1. The Labute approximate surface area is 168 Å². The number of halogens is 1. The summed E-state index contributed by atoms with van der Waals surface area (Å²) in [5, 5.41) is 3.05. The normalized spacial score (nSPS) is 15.0. The second-order valence-electron chi connectivity index (χ2n) is 7.07. The lowest BCUT2D eigenvalue weighted by Crippen LogP contribution is -2.48. The van der Waals surface area contributed by atoms with E-state index in [4.69, 9.17) is 0 Å². The number of aromatic nitrogens is 1. The van der Waals surface area contributed by atoms with Gasteiger partial charge in [0.25, 0.3) is 5.91 Å². The van der Waals surface area contributed by atoms with Gasteiger partial charge in [0.1, 0.15) is 10.8 Å². The first kappa shape index (κ1) is 18.8. The molecule has 0 aliphatic carbocycles. The molecule has 0 atom stereocenters. The number of piperazine rings is 1. The van der Waals surface area contributed by atoms with Crippen LogP contribution in [0.3, 0.4) is 0 Å². The molecular weight excluding hydrogens is 373 g/mol. The fourth-order valence-corrected chi connectivity index (χ4v) is 4.24. The van der Waals surface area contributed by atoms with Crippen LogP contribution in [0.1, 0.15) is 20.9 Å². The Morgan fingerprint density at radius 2 is 1.86 bits per heavy atom. The van der Waals surface area contributed by atoms with Crippen molar-refractivity contribution < 1.29 is 9.18 Å². The quantitative estimate of drug-likeness (QED) is 0.664. The van der Waals surface area contributed by atoms with Gasteiger partial charge in [-0.05, 0) is 43.3 Å². The molecule has 0 unspecified atom stereocenters. The number of amides is 1. The van der Waals surface area contributed by atoms with Gasteiger partial charge >= 0.3 is 0 Å². The molecule has 0 bridgehead atoms. The summed E-state index contributed by atoms with van der Waals surface area (Å²) in [5.74, 6) is -0.131. The van der Waals surface area contributed by atoms with Crippen molar-refractivity contribution in [2.24, 2.45) is 0 Å². The van der Waals surface area contributed by atoms with Crippen molar-refractivity contribution in [3.8, 4) is 11.3 Å². The minimum Gasteiger partial charge on any atom is -0.336 e. The molecule has 2 aromatic carbocycles. The maximum atomic E-state index is 13.1. The van der Waals surface area contributed by atoms with E-state index in [0.717, 1.165) is 60.1 Å². The third-order valence-corrected chi connectivity index (χ3v) is 5.81. The van der Waals surface area contributed by atoms with Crippen molar-refractivity contribution in [1.29, 1.82) is 0 Å². The molecule has 6 heteroatoms. The maximum Gasteiger partial charge on any atom is 0.253 e. The van der Waals surface area contributed by atoms with E-state index in [1.165, 1.54) is 12.1 Å². The summed E-state index contributed by atoms with van der Waals surface area (Å²) >= 11 is 1.62. The minimum absolute atomic E-state index is 0.108. The lowest BCUT2D eigenvalue weighted by molar-refractivity contribution is 0.0628. The average molecular weight is 396 g/mol. The Hall–Kier alpha value is -2.57. The molecule has 1 aliphatic rings. The monoisotopic (exact) mass is 395 g/mol. The van der Waals surface area contributed by atoms with E-state index < -0.39 is 0 Å². The molecule has 1 saturated heterocycles. The average Bonchev–Trinajstić information content (AvgIpc) is 3.17. The van der Waals surface area contributed by atoms with Gasteiger partial charge in [-0.25, -0.2) is 9.37 Å². The van der Waals surface area contributed by atoms with Crippen LogP contribution in [0.5, 0.6) is 0 Å². The van der Waals surface area contributed by atoms with Gasteiger partial charge < -0.3 is 4.90 Å². The van der Waals surface area contributed by atoms with Crippen LogP contribution in [-0.4, -0.2) is 46.9 Å². The molecule has 0 radical (unpaired) electrons. The molecule has 2 heterocycles. The smallest absolute Gasteiger partial charge is 0.253 e. The number of carbonyl (C=O) groups excluding carboxylic acids is 1. The first-order valence-electron chi connectivity index (χ1n) is 9.37. The van der Waals surface area contributed by atoms with Gasteiger partial charge in [-0.15, -0.1) is 11.3 Å². The minimum atomic E-state index is -0.239. The van der Waals surface area contributed by atoms with E-state index >= 15 is 0 Å². The summed E-state index contributed by atoms with van der Waals surface area (Å²) in [6.45, 7) is 5.90. The summed E-state index contributed by atoms with van der Waals surface area (Å²) in [5.41, 5.74) is 3.67. The van der Waals surface area contributed by atoms with Gasteiger partial charge in [-0.1, -0.05) is 17.7 Å². The van der Waals surface area contributed by atoms with E-state index in [9.17, 15) is 9.18 Å². The van der Waals surface area contributed by atoms with Gasteiger partial charge in [0.05, 0.1) is 12.2 Å². The van der Waals surface area contributed by atoms with E-state index in [2.05, 4.69) is 9.88 Å². The molecule has 1 fully saturated rings. The second-order valence-corrected chi connectivity index (χ2v) is 8.01. The molecule has 1 aromatic heterocycles. The van der Waals surface area contributed by atoms with Crippen molar-refractivity contribution >= 4 is 17.2 Å². The summed E-state index contributed by atoms with van der Waals surface area (Å²) in [6.07, 6.45) is 0. The number of nitrogens with zero attached hydrogens (tertiary/aromatic N) is 3. The zero-order valence-corrected chi connectivity index (χ0v) is 16.6. The SMILES string of the molecule is Cc1cccc(C(=O)N2CCN(Cc3nc(-c4ccc(F)cc4)cs3)CC2)c1. The number of hydrogen-bond acceptors (Lipinski definition) is 4. The molecule has 28 heavy (non-hydrogen) atoms. The van der Waals surface area contributed by atoms with E-state index in [-0.39, 0.29) is 11.7 Å². The molecule has 1 aliphatic heterocycles. The zero-order chi connectivity index (χ0) is 19.5. The zero-order valence-electron chi connectivity index (χ0n) is 15.8. The third kappa shape index (κ3) is 4.29. The van der Waals surface area contributed by atoms with Gasteiger partial charge in [0.2, 0.25) is 0 Å². The number of carbonyl (C=O) groups is 1. The Kier molecular flexibility index (Phi) is 5.50. The first-order chi connectivity index (χ1) is 13.6. The Bertz CT molecular complexity index is 962. The molecule has 4 nitrogen and oxygen atoms in total. The van der Waals surface area contributed by atoms with E-state index in [1.54, 1.807) is 23.5 Å². The van der Waals surface area contributed by atoms with Crippen LogP contribution >= 0.6 is 11.3 Å². The van der Waals surface area contributed by atoms with Gasteiger partial charge in [0, 0.05) is 42.7 Å². The number of rotatable bonds is 4. The highest BCUT2D eigenvalue weighted by molar-refractivity contribution is 7.09. The highest BCUT2D eigenvalue weighted by Gasteiger charge is 2.22. The van der Waals surface area contributed by atoms with Crippen molar-refractivity contribution in [1.82, 2.24) is 14.8 Å². The van der Waals surface area contributed by atoms with Crippen LogP contribution in [0.25, 0.3) is 11.3 Å². The molecule has 4 rings (SSSR count). The number of hydrogen-bond donors (Lipinski definition) is 0. The summed E-state index contributed by atoms with van der Waals surface area (Å²) < 4.78 is 13.1. The van der Waals surface area contributed by atoms with Crippen molar-refractivity contribution in [2.75, 3.05) is 26.2 Å². The second kappa shape index (κ2) is 8.20. The Balaban J connectivity index is 1.33. The van der Waals surface area contributed by atoms with E-state index in [0.29, 0.717) is 0 Å². The Morgan fingerprint density at radius 3 is 2.57 bits per heavy atom. The van der Waals surface area contributed by atoms with Crippen molar-refractivity contribution in [2.45, 2.75) is 13.5 Å². The lowest BCUT2D eigenvalue weighted by Gasteiger charge is -2.34. The fraction of sp³-hybridized carbons (Fsp3) is 0.273. The van der Waals surface area contributed by atoms with Crippen molar-refractivity contribution in [3.05, 3.63) is 75.9 Å². The lowest BCUT2D eigenvalue weighted by atomic mass is 10.1. The van der Waals surface area contributed by atoms with Crippen LogP contribution in [0.2, 0.25) is 0 Å². The van der Waals surface area contributed by atoms with Crippen LogP contribution in [0.4, 0.5) is 4.39 Å². The fourth-order valence-electron chi connectivity index (χ4n) is 3.40. The molecular formula is C22H22FN3OS. The summed E-state index contributed by atoms with van der Waals surface area (Å²) in [4.78, 5) is 21.6. The van der Waals surface area contributed by atoms with Crippen molar-refractivity contribution in [3.63, 3.8) is 0 Å². The third-order valence-electron chi connectivity index (χ3n) is 4.98. The Morgan fingerprint density at radius 1 is 1.11 bits per heavy atom. The van der Waals surface area contributed by atoms with Crippen LogP contribution in [0, 0.1) is 12.7 Å². The molecule has 0 saturated carbocycles. The van der Waals surface area contributed by atoms with Gasteiger partial charge in [-0.2, -0.15) is 0 Å². The predicted molar refractivity (Wildman–Crippen MR) is 110 cm³/mol. The number of aryl methyl sites for hydroxylation is 1. The van der Waals surface area contributed by atoms with Gasteiger partial charge in [-0.3, -0.25) is 9.69 Å². The van der Waals surface area contributed by atoms with Gasteiger partial charge in [0.15, 0.2) is 0 Å². The highest BCUT2D eigenvalue weighted by Crippen LogP contribution is 2.23.